The number of carbonyl (C=O) groups excluding carboxylic acids is 2. The lowest BCUT2D eigenvalue weighted by atomic mass is 10.00. The van der Waals surface area contributed by atoms with Gasteiger partial charge in [-0.15, -0.1) is 0 Å². The predicted molar refractivity (Wildman–Crippen MR) is 101 cm³/mol. The lowest BCUT2D eigenvalue weighted by molar-refractivity contribution is -0.116. The fourth-order valence-corrected chi connectivity index (χ4v) is 3.04. The Morgan fingerprint density at radius 3 is 2.62 bits per heavy atom. The van der Waals surface area contributed by atoms with Crippen LogP contribution in [0.25, 0.3) is 0 Å². The summed E-state index contributed by atoms with van der Waals surface area (Å²) in [4.78, 5) is 26.0. The van der Waals surface area contributed by atoms with Crippen molar-refractivity contribution in [2.75, 3.05) is 17.2 Å². The second-order valence-corrected chi connectivity index (χ2v) is 6.43. The highest BCUT2D eigenvalue weighted by Crippen LogP contribution is 2.24. The summed E-state index contributed by atoms with van der Waals surface area (Å²) in [5.74, 6) is 0.171. The molecule has 6 nitrogen and oxygen atoms in total. The molecule has 0 bridgehead atoms. The zero-order valence-electron chi connectivity index (χ0n) is 14.8. The summed E-state index contributed by atoms with van der Waals surface area (Å²) < 4.78 is 0. The lowest BCUT2D eigenvalue weighted by Gasteiger charge is -2.29. The Morgan fingerprint density at radius 2 is 1.85 bits per heavy atom. The lowest BCUT2D eigenvalue weighted by Crippen LogP contribution is -2.38. The summed E-state index contributed by atoms with van der Waals surface area (Å²) in [6.07, 6.45) is 2.01. The third-order valence-electron chi connectivity index (χ3n) is 4.36. The van der Waals surface area contributed by atoms with E-state index in [4.69, 9.17) is 0 Å². The molecule has 1 aliphatic rings. The van der Waals surface area contributed by atoms with Crippen LogP contribution >= 0.6 is 0 Å². The maximum Gasteiger partial charge on any atom is 0.322 e. The first-order chi connectivity index (χ1) is 12.5. The molecule has 2 aromatic rings. The Hall–Kier alpha value is -3.02. The summed E-state index contributed by atoms with van der Waals surface area (Å²) >= 11 is 0. The van der Waals surface area contributed by atoms with Crippen molar-refractivity contribution in [2.45, 2.75) is 32.7 Å². The number of benzene rings is 2. The standard InChI is InChI=1S/C20H23N3O3/c1-2-4-19(25)21-16-5-3-6-17(12-16)22-20(26)23-10-9-14-7-8-18(24)11-15(14)13-23/h3,5-8,11-12,24H,2,4,9-10,13H2,1H3,(H,21,25)(H,22,26). The van der Waals surface area contributed by atoms with Crippen LogP contribution in [-0.4, -0.2) is 28.5 Å². The first-order valence-electron chi connectivity index (χ1n) is 8.82. The highest BCUT2D eigenvalue weighted by atomic mass is 16.3. The average Bonchev–Trinajstić information content (AvgIpc) is 2.61. The Kier molecular flexibility index (Phi) is 5.41. The van der Waals surface area contributed by atoms with Crippen molar-refractivity contribution in [3.8, 4) is 5.75 Å². The number of urea groups is 1. The molecule has 3 rings (SSSR count). The summed E-state index contributed by atoms with van der Waals surface area (Å²) in [6, 6.07) is 12.2. The molecule has 0 fully saturated rings. The topological polar surface area (TPSA) is 81.7 Å². The van der Waals surface area contributed by atoms with E-state index in [2.05, 4.69) is 10.6 Å². The highest BCUT2D eigenvalue weighted by molar-refractivity contribution is 5.93. The van der Waals surface area contributed by atoms with Gasteiger partial charge in [0.05, 0.1) is 0 Å². The molecule has 0 unspecified atom stereocenters. The van der Waals surface area contributed by atoms with E-state index in [0.717, 1.165) is 24.0 Å². The summed E-state index contributed by atoms with van der Waals surface area (Å²) in [5, 5.41) is 15.3. The van der Waals surface area contributed by atoms with E-state index in [9.17, 15) is 14.7 Å². The van der Waals surface area contributed by atoms with E-state index in [1.165, 1.54) is 0 Å². The number of phenolic OH excluding ortho intramolecular Hbond substituents is 1. The second-order valence-electron chi connectivity index (χ2n) is 6.43. The number of phenols is 1. The van der Waals surface area contributed by atoms with Gasteiger partial charge in [-0.05, 0) is 54.3 Å². The van der Waals surface area contributed by atoms with Crippen LogP contribution in [0.5, 0.6) is 5.75 Å². The molecule has 3 amide bonds. The fraction of sp³-hybridized carbons (Fsp3) is 0.300. The van der Waals surface area contributed by atoms with Gasteiger partial charge in [0, 0.05) is 30.9 Å². The van der Waals surface area contributed by atoms with Crippen LogP contribution in [0.2, 0.25) is 0 Å². The number of nitrogens with zero attached hydrogens (tertiary/aromatic N) is 1. The van der Waals surface area contributed by atoms with Crippen LogP contribution in [0.4, 0.5) is 16.2 Å². The Morgan fingerprint density at radius 1 is 1.08 bits per heavy atom. The Balaban J connectivity index is 1.64. The molecule has 1 heterocycles. The van der Waals surface area contributed by atoms with Gasteiger partial charge in [0.2, 0.25) is 5.91 Å². The van der Waals surface area contributed by atoms with Crippen molar-refractivity contribution < 1.29 is 14.7 Å². The Bertz CT molecular complexity index is 820. The Labute approximate surface area is 152 Å². The molecular weight excluding hydrogens is 330 g/mol. The van der Waals surface area contributed by atoms with Gasteiger partial charge < -0.3 is 20.6 Å². The molecule has 26 heavy (non-hydrogen) atoms. The number of hydrogen-bond acceptors (Lipinski definition) is 3. The molecule has 6 heteroatoms. The van der Waals surface area contributed by atoms with Crippen LogP contribution in [0.3, 0.4) is 0 Å². The molecule has 0 spiro atoms. The number of fused-ring (bicyclic) bond motifs is 1. The van der Waals surface area contributed by atoms with E-state index < -0.39 is 0 Å². The summed E-state index contributed by atoms with van der Waals surface area (Å²) in [5.41, 5.74) is 3.42. The molecule has 136 valence electrons. The van der Waals surface area contributed by atoms with Gasteiger partial charge in [0.15, 0.2) is 0 Å². The maximum atomic E-state index is 12.6. The normalized spacial score (nSPS) is 13.0. The van der Waals surface area contributed by atoms with Crippen LogP contribution in [0.1, 0.15) is 30.9 Å². The maximum absolute atomic E-state index is 12.6. The molecule has 0 saturated carbocycles. The first-order valence-corrected chi connectivity index (χ1v) is 8.82. The van der Waals surface area contributed by atoms with Crippen molar-refractivity contribution in [3.05, 3.63) is 53.6 Å². The van der Waals surface area contributed by atoms with Gasteiger partial charge in [-0.2, -0.15) is 0 Å². The van der Waals surface area contributed by atoms with Crippen molar-refractivity contribution in [1.29, 1.82) is 0 Å². The second kappa shape index (κ2) is 7.91. The van der Waals surface area contributed by atoms with Gasteiger partial charge in [0.25, 0.3) is 0 Å². The van der Waals surface area contributed by atoms with Gasteiger partial charge in [0.1, 0.15) is 5.75 Å². The number of amides is 3. The van der Waals surface area contributed by atoms with Gasteiger partial charge in [-0.25, -0.2) is 4.79 Å². The predicted octanol–water partition coefficient (Wildman–Crippen LogP) is 3.72. The number of anilines is 2. The van der Waals surface area contributed by atoms with E-state index in [1.807, 2.05) is 13.0 Å². The molecule has 3 N–H and O–H groups in total. The van der Waals surface area contributed by atoms with Crippen LogP contribution < -0.4 is 10.6 Å². The quantitative estimate of drug-likeness (QED) is 0.783. The number of aromatic hydroxyl groups is 1. The highest BCUT2D eigenvalue weighted by Gasteiger charge is 2.21. The minimum Gasteiger partial charge on any atom is -0.508 e. The number of rotatable bonds is 4. The van der Waals surface area contributed by atoms with Gasteiger partial charge in [-0.1, -0.05) is 19.1 Å². The number of nitrogens with one attached hydrogen (secondary N) is 2. The number of hydrogen-bond donors (Lipinski definition) is 3. The molecule has 0 aliphatic carbocycles. The third kappa shape index (κ3) is 4.33. The van der Waals surface area contributed by atoms with Crippen molar-refractivity contribution in [2.24, 2.45) is 0 Å². The van der Waals surface area contributed by atoms with Gasteiger partial charge >= 0.3 is 6.03 Å². The molecular formula is C20H23N3O3. The molecule has 0 aromatic heterocycles. The van der Waals surface area contributed by atoms with Crippen molar-refractivity contribution >= 4 is 23.3 Å². The summed E-state index contributed by atoms with van der Waals surface area (Å²) in [7, 11) is 0. The van der Waals surface area contributed by atoms with E-state index >= 15 is 0 Å². The minimum absolute atomic E-state index is 0.0385. The zero-order chi connectivity index (χ0) is 18.5. The molecule has 0 atom stereocenters. The first kappa shape index (κ1) is 17.8. The van der Waals surface area contributed by atoms with E-state index in [1.54, 1.807) is 41.3 Å². The average molecular weight is 353 g/mol. The molecule has 1 aliphatic heterocycles. The van der Waals surface area contributed by atoms with E-state index in [0.29, 0.717) is 30.9 Å². The zero-order valence-corrected chi connectivity index (χ0v) is 14.8. The fourth-order valence-electron chi connectivity index (χ4n) is 3.04. The SMILES string of the molecule is CCCC(=O)Nc1cccc(NC(=O)N2CCc3ccc(O)cc3C2)c1. The number of carbonyl (C=O) groups is 2. The van der Waals surface area contributed by atoms with Crippen LogP contribution in [0.15, 0.2) is 42.5 Å². The largest absolute Gasteiger partial charge is 0.508 e. The molecule has 0 saturated heterocycles. The summed E-state index contributed by atoms with van der Waals surface area (Å²) in [6.45, 7) is 3.03. The van der Waals surface area contributed by atoms with Gasteiger partial charge in [-0.3, -0.25) is 4.79 Å². The minimum atomic E-state index is -0.198. The monoisotopic (exact) mass is 353 g/mol. The third-order valence-corrected chi connectivity index (χ3v) is 4.36. The molecule has 2 aromatic carbocycles. The van der Waals surface area contributed by atoms with Crippen LogP contribution in [-0.2, 0) is 17.8 Å². The van der Waals surface area contributed by atoms with Crippen molar-refractivity contribution in [3.63, 3.8) is 0 Å². The smallest absolute Gasteiger partial charge is 0.322 e. The van der Waals surface area contributed by atoms with Crippen molar-refractivity contribution in [1.82, 2.24) is 4.90 Å². The van der Waals surface area contributed by atoms with E-state index in [-0.39, 0.29) is 17.7 Å². The van der Waals surface area contributed by atoms with Crippen LogP contribution in [0, 0.1) is 0 Å². The molecule has 0 radical (unpaired) electrons.